The quantitative estimate of drug-likeness (QED) is 0.190. The highest BCUT2D eigenvalue weighted by atomic mass is 16.3. The number of hydrogen-bond donors (Lipinski definition) is 0. The predicted molar refractivity (Wildman–Crippen MR) is 202 cm³/mol. The van der Waals surface area contributed by atoms with E-state index in [-0.39, 0.29) is 11.1 Å². The highest BCUT2D eigenvalue weighted by molar-refractivity contribution is 6.27. The Morgan fingerprint density at radius 3 is 1.67 bits per heavy atom. The Bertz CT molecular complexity index is 3190. The number of nitriles is 3. The molecule has 6 heteroatoms. The van der Waals surface area contributed by atoms with Gasteiger partial charge in [0.2, 0.25) is 0 Å². The minimum absolute atomic E-state index is 0.255. The van der Waals surface area contributed by atoms with E-state index < -0.39 is 0 Å². The molecule has 0 atom stereocenters. The van der Waals surface area contributed by atoms with Crippen LogP contribution in [0.15, 0.2) is 144 Å². The molecule has 0 unspecified atom stereocenters. The zero-order chi connectivity index (χ0) is 34.2. The fourth-order valence-electron chi connectivity index (χ4n) is 8.02. The van der Waals surface area contributed by atoms with Crippen LogP contribution >= 0.6 is 0 Å². The second kappa shape index (κ2) is 10.7. The summed E-state index contributed by atoms with van der Waals surface area (Å²) in [7, 11) is 0. The van der Waals surface area contributed by atoms with Crippen LogP contribution in [0.3, 0.4) is 0 Å². The van der Waals surface area contributed by atoms with E-state index in [4.69, 9.17) is 4.42 Å². The molecule has 0 radical (unpaired) electrons. The minimum atomic E-state index is 0.255. The standard InChI is InChI=1S/C45H23N5O/c46-24-27-20-21-32(31-15-9-10-28(25-47)44(31)49-36-16-5-1-11-29(36)30-12-2-6-17-37(30)49)45(35(27)26-48)50-38-18-7-3-13-33(38)42-39(50)22-23-41-43(42)34-14-4-8-19-40(34)51-41/h1-23H. The van der Waals surface area contributed by atoms with E-state index >= 15 is 0 Å². The monoisotopic (exact) mass is 649 g/mol. The number of furan rings is 1. The first-order valence-electron chi connectivity index (χ1n) is 16.5. The molecule has 0 saturated carbocycles. The normalized spacial score (nSPS) is 11.5. The molecule has 0 spiro atoms. The lowest BCUT2D eigenvalue weighted by Crippen LogP contribution is -2.06. The summed E-state index contributed by atoms with van der Waals surface area (Å²) in [6, 6.07) is 53.1. The Labute approximate surface area is 291 Å². The number of rotatable bonds is 3. The lowest BCUT2D eigenvalue weighted by molar-refractivity contribution is 0.669. The average Bonchev–Trinajstić information content (AvgIpc) is 3.84. The van der Waals surface area contributed by atoms with Gasteiger partial charge in [0.15, 0.2) is 0 Å². The Morgan fingerprint density at radius 1 is 0.392 bits per heavy atom. The third-order valence-electron chi connectivity index (χ3n) is 10.1. The van der Waals surface area contributed by atoms with E-state index in [1.807, 2.05) is 97.1 Å². The molecule has 0 saturated heterocycles. The molecule has 0 aliphatic heterocycles. The van der Waals surface area contributed by atoms with Crippen LogP contribution in [0.25, 0.3) is 88.1 Å². The Kier molecular flexibility index (Phi) is 5.97. The molecule has 0 fully saturated rings. The van der Waals surface area contributed by atoms with Crippen molar-refractivity contribution in [3.63, 3.8) is 0 Å². The van der Waals surface area contributed by atoms with Crippen LogP contribution in [-0.4, -0.2) is 9.13 Å². The van der Waals surface area contributed by atoms with Crippen molar-refractivity contribution in [3.8, 4) is 40.7 Å². The van der Waals surface area contributed by atoms with Gasteiger partial charge in [-0.2, -0.15) is 15.8 Å². The molecule has 3 heterocycles. The van der Waals surface area contributed by atoms with Gasteiger partial charge in [-0.25, -0.2) is 0 Å². The van der Waals surface area contributed by atoms with Crippen LogP contribution < -0.4 is 0 Å². The first-order chi connectivity index (χ1) is 25.2. The van der Waals surface area contributed by atoms with Gasteiger partial charge in [0.05, 0.1) is 50.1 Å². The summed E-state index contributed by atoms with van der Waals surface area (Å²) in [4.78, 5) is 0. The van der Waals surface area contributed by atoms with E-state index in [0.29, 0.717) is 16.9 Å². The Morgan fingerprint density at radius 2 is 0.980 bits per heavy atom. The molecule has 234 valence electrons. The topological polar surface area (TPSA) is 94.4 Å². The highest BCUT2D eigenvalue weighted by Crippen LogP contribution is 2.45. The molecule has 0 N–H and O–H groups in total. The number of hydrogen-bond acceptors (Lipinski definition) is 4. The van der Waals surface area contributed by atoms with Crippen LogP contribution in [0, 0.1) is 34.0 Å². The molecule has 10 aromatic rings. The number of benzene rings is 7. The molecule has 0 aliphatic carbocycles. The third-order valence-corrected chi connectivity index (χ3v) is 10.1. The van der Waals surface area contributed by atoms with Crippen LogP contribution in [-0.2, 0) is 0 Å². The molecule has 0 bridgehead atoms. The molecule has 0 aliphatic rings. The van der Waals surface area contributed by atoms with Gasteiger partial charge in [0, 0.05) is 43.4 Å². The lowest BCUT2D eigenvalue weighted by Gasteiger charge is -2.20. The van der Waals surface area contributed by atoms with Crippen molar-refractivity contribution in [1.29, 1.82) is 15.8 Å². The summed E-state index contributed by atoms with van der Waals surface area (Å²) < 4.78 is 10.6. The molecule has 10 rings (SSSR count). The molecule has 0 amide bonds. The van der Waals surface area contributed by atoms with Crippen LogP contribution in [0.4, 0.5) is 0 Å². The fraction of sp³-hybridized carbons (Fsp3) is 0. The summed E-state index contributed by atoms with van der Waals surface area (Å²) in [5.74, 6) is 0. The zero-order valence-corrected chi connectivity index (χ0v) is 26.9. The van der Waals surface area contributed by atoms with Gasteiger partial charge in [-0.1, -0.05) is 91.0 Å². The number of fused-ring (bicyclic) bond motifs is 10. The molecular weight excluding hydrogens is 627 g/mol. The summed E-state index contributed by atoms with van der Waals surface area (Å²) in [6.45, 7) is 0. The average molecular weight is 650 g/mol. The number of nitrogens with zero attached hydrogens (tertiary/aromatic N) is 5. The maximum atomic E-state index is 10.9. The van der Waals surface area contributed by atoms with Crippen LogP contribution in [0.1, 0.15) is 16.7 Å². The Hall–Kier alpha value is -7.59. The van der Waals surface area contributed by atoms with Gasteiger partial charge in [0.1, 0.15) is 29.4 Å². The molecule has 3 aromatic heterocycles. The lowest BCUT2D eigenvalue weighted by atomic mass is 9.93. The summed E-state index contributed by atoms with van der Waals surface area (Å²) in [6.07, 6.45) is 0. The van der Waals surface area contributed by atoms with E-state index in [9.17, 15) is 15.8 Å². The maximum Gasteiger partial charge on any atom is 0.136 e. The van der Waals surface area contributed by atoms with Crippen LogP contribution in [0.2, 0.25) is 0 Å². The first kappa shape index (κ1) is 28.4. The van der Waals surface area contributed by atoms with E-state index in [1.165, 1.54) is 0 Å². The van der Waals surface area contributed by atoms with E-state index in [0.717, 1.165) is 76.7 Å². The van der Waals surface area contributed by atoms with Crippen molar-refractivity contribution in [2.75, 3.05) is 0 Å². The maximum absolute atomic E-state index is 10.9. The van der Waals surface area contributed by atoms with Crippen LogP contribution in [0.5, 0.6) is 0 Å². The summed E-state index contributed by atoms with van der Waals surface area (Å²) in [5, 5.41) is 38.0. The SMILES string of the molecule is N#Cc1ccc(-c2cccc(C#N)c2-n2c3ccccc3c3ccccc32)c(-n2c3ccccc3c3c4c(ccc32)oc2ccccc24)c1C#N. The van der Waals surface area contributed by atoms with Gasteiger partial charge in [-0.05, 0) is 48.5 Å². The summed E-state index contributed by atoms with van der Waals surface area (Å²) >= 11 is 0. The van der Waals surface area contributed by atoms with E-state index in [2.05, 4.69) is 63.7 Å². The number of para-hydroxylation sites is 5. The van der Waals surface area contributed by atoms with Gasteiger partial charge < -0.3 is 13.6 Å². The van der Waals surface area contributed by atoms with Gasteiger partial charge >= 0.3 is 0 Å². The van der Waals surface area contributed by atoms with Crippen molar-refractivity contribution in [3.05, 3.63) is 156 Å². The fourth-order valence-corrected chi connectivity index (χ4v) is 8.02. The zero-order valence-electron chi connectivity index (χ0n) is 26.9. The number of aromatic nitrogens is 2. The van der Waals surface area contributed by atoms with Crippen molar-refractivity contribution >= 4 is 65.6 Å². The second-order valence-electron chi connectivity index (χ2n) is 12.6. The predicted octanol–water partition coefficient (Wildman–Crippen LogP) is 11.1. The largest absolute Gasteiger partial charge is 0.456 e. The summed E-state index contributed by atoms with van der Waals surface area (Å²) in [5.41, 5.74) is 9.03. The van der Waals surface area contributed by atoms with Gasteiger partial charge in [-0.15, -0.1) is 0 Å². The van der Waals surface area contributed by atoms with Gasteiger partial charge in [0.25, 0.3) is 0 Å². The van der Waals surface area contributed by atoms with Crippen molar-refractivity contribution in [2.24, 2.45) is 0 Å². The molecule has 7 aromatic carbocycles. The van der Waals surface area contributed by atoms with Crippen molar-refractivity contribution in [1.82, 2.24) is 9.13 Å². The minimum Gasteiger partial charge on any atom is -0.456 e. The van der Waals surface area contributed by atoms with Crippen molar-refractivity contribution < 1.29 is 4.42 Å². The molecule has 51 heavy (non-hydrogen) atoms. The smallest absolute Gasteiger partial charge is 0.136 e. The second-order valence-corrected chi connectivity index (χ2v) is 12.6. The third kappa shape index (κ3) is 3.83. The van der Waals surface area contributed by atoms with E-state index in [1.54, 1.807) is 6.07 Å². The van der Waals surface area contributed by atoms with Crippen molar-refractivity contribution in [2.45, 2.75) is 0 Å². The molecular formula is C45H23N5O. The highest BCUT2D eigenvalue weighted by Gasteiger charge is 2.26. The Balaban J connectivity index is 1.40. The van der Waals surface area contributed by atoms with Gasteiger partial charge in [-0.3, -0.25) is 0 Å². The molecule has 6 nitrogen and oxygen atoms in total. The first-order valence-corrected chi connectivity index (χ1v) is 16.5.